The minimum absolute atomic E-state index is 0. The van der Waals surface area contributed by atoms with Gasteiger partial charge in [0.2, 0.25) is 5.88 Å². The lowest BCUT2D eigenvalue weighted by atomic mass is 10.1. The summed E-state index contributed by atoms with van der Waals surface area (Å²) in [6.45, 7) is 1.81. The van der Waals surface area contributed by atoms with Gasteiger partial charge in [0.05, 0.1) is 0 Å². The van der Waals surface area contributed by atoms with Crippen molar-refractivity contribution in [3.8, 4) is 11.6 Å². The molecule has 1 aliphatic heterocycles. The number of aromatic nitrogens is 1. The number of benzene rings is 1. The molecule has 5 nitrogen and oxygen atoms in total. The number of rotatable bonds is 4. The Hall–Kier alpha value is -1.34. The summed E-state index contributed by atoms with van der Waals surface area (Å²) in [6.07, 6.45) is 3.67. The molecule has 1 aliphatic rings. The minimum Gasteiger partial charge on any atom is -0.438 e. The van der Waals surface area contributed by atoms with Gasteiger partial charge in [0.15, 0.2) is 0 Å². The van der Waals surface area contributed by atoms with Crippen molar-refractivity contribution in [3.05, 3.63) is 52.6 Å². The highest BCUT2D eigenvalue weighted by Crippen LogP contribution is 2.25. The van der Waals surface area contributed by atoms with Crippen molar-refractivity contribution in [2.45, 2.75) is 18.9 Å². The second kappa shape index (κ2) is 10.6. The number of piperidine rings is 1. The molecule has 0 saturated carbocycles. The summed E-state index contributed by atoms with van der Waals surface area (Å²) in [7, 11) is 0. The summed E-state index contributed by atoms with van der Waals surface area (Å²) >= 11 is 3.40. The number of carbonyl (C=O) groups is 1. The van der Waals surface area contributed by atoms with E-state index in [1.807, 2.05) is 24.3 Å². The SMILES string of the molecule is Cl.Cl.O=C(N[C@H]1CCCNC1)c1cccnc1Oc1cccc(Br)c1. The van der Waals surface area contributed by atoms with E-state index >= 15 is 0 Å². The van der Waals surface area contributed by atoms with Crippen LogP contribution in [0.3, 0.4) is 0 Å². The zero-order valence-corrected chi connectivity index (χ0v) is 16.6. The molecule has 1 atom stereocenters. The first-order chi connectivity index (χ1) is 11.2. The third-order valence-electron chi connectivity index (χ3n) is 3.66. The number of ether oxygens (including phenoxy) is 1. The number of pyridine rings is 1. The predicted molar refractivity (Wildman–Crippen MR) is 106 cm³/mol. The van der Waals surface area contributed by atoms with E-state index in [2.05, 4.69) is 31.5 Å². The van der Waals surface area contributed by atoms with E-state index in [4.69, 9.17) is 4.74 Å². The zero-order chi connectivity index (χ0) is 16.1. The van der Waals surface area contributed by atoms with Gasteiger partial charge in [0, 0.05) is 23.3 Å². The van der Waals surface area contributed by atoms with E-state index in [-0.39, 0.29) is 36.8 Å². The van der Waals surface area contributed by atoms with Gasteiger partial charge in [-0.15, -0.1) is 24.8 Å². The molecule has 2 N–H and O–H groups in total. The number of carbonyl (C=O) groups excluding carboxylic acids is 1. The number of hydrogen-bond acceptors (Lipinski definition) is 4. The maximum Gasteiger partial charge on any atom is 0.257 e. The van der Waals surface area contributed by atoms with Crippen LogP contribution in [0.25, 0.3) is 0 Å². The van der Waals surface area contributed by atoms with Crippen LogP contribution in [0.4, 0.5) is 0 Å². The van der Waals surface area contributed by atoms with Crippen molar-refractivity contribution in [3.63, 3.8) is 0 Å². The molecular weight excluding hydrogens is 429 g/mol. The van der Waals surface area contributed by atoms with E-state index in [0.717, 1.165) is 30.4 Å². The van der Waals surface area contributed by atoms with Gasteiger partial charge in [-0.05, 0) is 49.7 Å². The van der Waals surface area contributed by atoms with Gasteiger partial charge >= 0.3 is 0 Å². The van der Waals surface area contributed by atoms with Gasteiger partial charge in [-0.25, -0.2) is 4.98 Å². The molecule has 2 heterocycles. The average molecular weight is 449 g/mol. The fourth-order valence-electron chi connectivity index (χ4n) is 2.53. The fourth-order valence-corrected chi connectivity index (χ4v) is 2.90. The molecule has 0 radical (unpaired) electrons. The van der Waals surface area contributed by atoms with E-state index in [1.165, 1.54) is 0 Å². The van der Waals surface area contributed by atoms with Crippen LogP contribution >= 0.6 is 40.7 Å². The molecular formula is C17H20BrCl2N3O2. The van der Waals surface area contributed by atoms with Crippen LogP contribution in [-0.4, -0.2) is 30.0 Å². The third kappa shape index (κ3) is 6.15. The molecule has 1 saturated heterocycles. The number of halogens is 3. The van der Waals surface area contributed by atoms with Gasteiger partial charge in [-0.3, -0.25) is 4.79 Å². The van der Waals surface area contributed by atoms with Crippen molar-refractivity contribution < 1.29 is 9.53 Å². The van der Waals surface area contributed by atoms with Crippen molar-refractivity contribution in [1.29, 1.82) is 0 Å². The smallest absolute Gasteiger partial charge is 0.257 e. The minimum atomic E-state index is -0.156. The summed E-state index contributed by atoms with van der Waals surface area (Å²) in [4.78, 5) is 16.7. The topological polar surface area (TPSA) is 63.2 Å². The maximum absolute atomic E-state index is 12.5. The van der Waals surface area contributed by atoms with Gasteiger partial charge in [0.1, 0.15) is 11.3 Å². The molecule has 1 aromatic carbocycles. The van der Waals surface area contributed by atoms with Gasteiger partial charge in [-0.1, -0.05) is 22.0 Å². The maximum atomic E-state index is 12.5. The average Bonchev–Trinajstić information content (AvgIpc) is 2.56. The van der Waals surface area contributed by atoms with Crippen molar-refractivity contribution in [2.75, 3.05) is 13.1 Å². The molecule has 0 bridgehead atoms. The molecule has 0 unspecified atom stereocenters. The Morgan fingerprint density at radius 2 is 2.12 bits per heavy atom. The van der Waals surface area contributed by atoms with Gasteiger partial charge in [-0.2, -0.15) is 0 Å². The number of nitrogens with one attached hydrogen (secondary N) is 2. The van der Waals surface area contributed by atoms with Crippen LogP contribution in [0.1, 0.15) is 23.2 Å². The van der Waals surface area contributed by atoms with Gasteiger partial charge in [0.25, 0.3) is 5.91 Å². The predicted octanol–water partition coefficient (Wildman–Crippen LogP) is 3.96. The Morgan fingerprint density at radius 1 is 1.28 bits per heavy atom. The molecule has 3 rings (SSSR count). The first-order valence-electron chi connectivity index (χ1n) is 7.62. The van der Waals surface area contributed by atoms with Crippen molar-refractivity contribution in [2.24, 2.45) is 0 Å². The molecule has 0 aliphatic carbocycles. The molecule has 1 fully saturated rings. The first kappa shape index (κ1) is 21.7. The highest BCUT2D eigenvalue weighted by Gasteiger charge is 2.19. The second-order valence-corrected chi connectivity index (χ2v) is 6.35. The Morgan fingerprint density at radius 3 is 2.84 bits per heavy atom. The van der Waals surface area contributed by atoms with Crippen LogP contribution < -0.4 is 15.4 Å². The number of nitrogens with zero attached hydrogens (tertiary/aromatic N) is 1. The molecule has 2 aromatic rings. The molecule has 0 spiro atoms. The van der Waals surface area contributed by atoms with E-state index < -0.39 is 0 Å². The van der Waals surface area contributed by atoms with Crippen LogP contribution in [-0.2, 0) is 0 Å². The Labute approximate surface area is 167 Å². The number of amides is 1. The number of hydrogen-bond donors (Lipinski definition) is 2. The zero-order valence-electron chi connectivity index (χ0n) is 13.4. The molecule has 1 amide bonds. The summed E-state index contributed by atoms with van der Waals surface area (Å²) in [5.41, 5.74) is 0.443. The van der Waals surface area contributed by atoms with Crippen LogP contribution in [0, 0.1) is 0 Å². The normalized spacial score (nSPS) is 16.1. The van der Waals surface area contributed by atoms with Crippen LogP contribution in [0.15, 0.2) is 47.1 Å². The van der Waals surface area contributed by atoms with Crippen molar-refractivity contribution in [1.82, 2.24) is 15.6 Å². The lowest BCUT2D eigenvalue weighted by molar-refractivity contribution is 0.0927. The van der Waals surface area contributed by atoms with Crippen molar-refractivity contribution >= 4 is 46.7 Å². The largest absolute Gasteiger partial charge is 0.438 e. The molecule has 1 aromatic heterocycles. The summed E-state index contributed by atoms with van der Waals surface area (Å²) in [5, 5.41) is 6.33. The molecule has 136 valence electrons. The Bertz CT molecular complexity index is 697. The lowest BCUT2D eigenvalue weighted by Gasteiger charge is -2.24. The van der Waals surface area contributed by atoms with E-state index in [0.29, 0.717) is 17.2 Å². The van der Waals surface area contributed by atoms with Gasteiger partial charge < -0.3 is 15.4 Å². The second-order valence-electron chi connectivity index (χ2n) is 5.43. The highest BCUT2D eigenvalue weighted by molar-refractivity contribution is 9.10. The quantitative estimate of drug-likeness (QED) is 0.742. The standard InChI is InChI=1S/C17H18BrN3O2.2ClH/c18-12-4-1-6-14(10-12)23-17-15(7-3-9-20-17)16(22)21-13-5-2-8-19-11-13;;/h1,3-4,6-7,9-10,13,19H,2,5,8,11H2,(H,21,22);2*1H/t13-;;/m0../s1. The monoisotopic (exact) mass is 447 g/mol. The summed E-state index contributed by atoms with van der Waals surface area (Å²) < 4.78 is 6.69. The summed E-state index contributed by atoms with van der Waals surface area (Å²) in [5.74, 6) is 0.787. The molecule has 25 heavy (non-hydrogen) atoms. The third-order valence-corrected chi connectivity index (χ3v) is 4.15. The van der Waals surface area contributed by atoms with Crippen LogP contribution in [0.5, 0.6) is 11.6 Å². The Kier molecular flexibility index (Phi) is 9.21. The highest BCUT2D eigenvalue weighted by atomic mass is 79.9. The first-order valence-corrected chi connectivity index (χ1v) is 8.42. The Balaban J connectivity index is 0.00000156. The van der Waals surface area contributed by atoms with E-state index in [9.17, 15) is 4.79 Å². The van der Waals surface area contributed by atoms with E-state index in [1.54, 1.807) is 18.3 Å². The lowest BCUT2D eigenvalue weighted by Crippen LogP contribution is -2.45. The summed E-state index contributed by atoms with van der Waals surface area (Å²) in [6, 6.07) is 11.1. The van der Waals surface area contributed by atoms with Crippen LogP contribution in [0.2, 0.25) is 0 Å². The fraction of sp³-hybridized carbons (Fsp3) is 0.294. The molecule has 8 heteroatoms.